The van der Waals surface area contributed by atoms with E-state index in [1.165, 1.54) is 0 Å². The lowest BCUT2D eigenvalue weighted by Crippen LogP contribution is -2.33. The van der Waals surface area contributed by atoms with E-state index in [9.17, 15) is 0 Å². The normalized spacial score (nSPS) is 11.7. The minimum Gasteiger partial charge on any atom is -0.402 e. The van der Waals surface area contributed by atoms with Crippen molar-refractivity contribution >= 4 is 7.32 Å². The Morgan fingerprint density at radius 1 is 1.40 bits per heavy atom. The molecule has 0 fully saturated rings. The smallest absolute Gasteiger partial charge is 0.402 e. The van der Waals surface area contributed by atoms with Crippen LogP contribution in [0.25, 0.3) is 0 Å². The van der Waals surface area contributed by atoms with Gasteiger partial charge in [-0.25, -0.2) is 0 Å². The van der Waals surface area contributed by atoms with Crippen LogP contribution in [0.5, 0.6) is 0 Å². The molecule has 3 nitrogen and oxygen atoms in total. The first kappa shape index (κ1) is 9.94. The van der Waals surface area contributed by atoms with Crippen LogP contribution in [0.1, 0.15) is 27.7 Å². The summed E-state index contributed by atoms with van der Waals surface area (Å²) in [7, 11) is -1.09. The summed E-state index contributed by atoms with van der Waals surface area (Å²) in [5.41, 5.74) is -0.353. The van der Waals surface area contributed by atoms with E-state index in [0.717, 1.165) is 0 Å². The molecule has 1 N–H and O–H groups in total. The van der Waals surface area contributed by atoms with E-state index >= 15 is 0 Å². The second-order valence-corrected chi connectivity index (χ2v) is 2.99. The van der Waals surface area contributed by atoms with Crippen molar-refractivity contribution in [1.82, 2.24) is 0 Å². The highest BCUT2D eigenvalue weighted by molar-refractivity contribution is 6.34. The molecule has 0 aliphatic heterocycles. The highest BCUT2D eigenvalue weighted by atomic mass is 16.7. The van der Waals surface area contributed by atoms with Crippen LogP contribution in [0.3, 0.4) is 0 Å². The van der Waals surface area contributed by atoms with Crippen LogP contribution in [0.2, 0.25) is 0 Å². The zero-order chi connectivity index (χ0) is 8.20. The van der Waals surface area contributed by atoms with Crippen molar-refractivity contribution < 1.29 is 14.3 Å². The van der Waals surface area contributed by atoms with Crippen LogP contribution in [-0.2, 0) is 9.31 Å². The van der Waals surface area contributed by atoms with E-state index in [2.05, 4.69) is 0 Å². The predicted molar refractivity (Wildman–Crippen MR) is 40.4 cm³/mol. The molecule has 0 spiro atoms. The van der Waals surface area contributed by atoms with Gasteiger partial charge in [-0.2, -0.15) is 0 Å². The molecule has 10 heavy (non-hydrogen) atoms. The van der Waals surface area contributed by atoms with Crippen LogP contribution >= 0.6 is 0 Å². The molecule has 0 heterocycles. The summed E-state index contributed by atoms with van der Waals surface area (Å²) in [6.45, 7) is 7.83. The predicted octanol–water partition coefficient (Wildman–Crippen LogP) is 0.815. The van der Waals surface area contributed by atoms with Gasteiger partial charge < -0.3 is 14.3 Å². The van der Waals surface area contributed by atoms with Crippen LogP contribution in [0, 0.1) is 0 Å². The maximum absolute atomic E-state index is 8.94. The lowest BCUT2D eigenvalue weighted by atomic mass is 10.1. The molecule has 0 aromatic carbocycles. The van der Waals surface area contributed by atoms with Gasteiger partial charge in [-0.15, -0.1) is 0 Å². The Labute approximate surface area is 62.5 Å². The molecule has 0 rings (SSSR count). The highest BCUT2D eigenvalue weighted by Gasteiger charge is 2.22. The summed E-state index contributed by atoms with van der Waals surface area (Å²) in [4.78, 5) is 0. The molecule has 0 unspecified atom stereocenters. The van der Waals surface area contributed by atoms with Crippen LogP contribution in [0.15, 0.2) is 0 Å². The standard InChI is InChI=1S/C6H15BO3/c1-5-9-7(8)10-6(2,3)4/h8H,5H2,1-4H3. The summed E-state index contributed by atoms with van der Waals surface area (Å²) in [6.07, 6.45) is 0. The SMILES string of the molecule is CCOB(O)OC(C)(C)C. The fraction of sp³-hybridized carbons (Fsp3) is 1.00. The average molecular weight is 146 g/mol. The maximum Gasteiger partial charge on any atom is 0.637 e. The summed E-state index contributed by atoms with van der Waals surface area (Å²) >= 11 is 0. The molecule has 0 aliphatic carbocycles. The molecule has 0 bridgehead atoms. The Hall–Kier alpha value is -0.0551. The van der Waals surface area contributed by atoms with Gasteiger partial charge in [0.2, 0.25) is 0 Å². The van der Waals surface area contributed by atoms with Gasteiger partial charge in [-0.05, 0) is 27.7 Å². The zero-order valence-corrected chi connectivity index (χ0v) is 7.05. The second kappa shape index (κ2) is 3.96. The lowest BCUT2D eigenvalue weighted by molar-refractivity contribution is 0.0457. The van der Waals surface area contributed by atoms with Gasteiger partial charge in [0.05, 0.1) is 0 Å². The first-order valence-corrected chi connectivity index (χ1v) is 3.43. The molecule has 0 radical (unpaired) electrons. The third-order valence-electron chi connectivity index (χ3n) is 0.764. The van der Waals surface area contributed by atoms with Crippen molar-refractivity contribution in [2.75, 3.05) is 6.61 Å². The Morgan fingerprint density at radius 2 is 1.90 bits per heavy atom. The maximum atomic E-state index is 8.94. The minimum atomic E-state index is -1.09. The van der Waals surface area contributed by atoms with Gasteiger partial charge in [-0.1, -0.05) is 0 Å². The largest absolute Gasteiger partial charge is 0.637 e. The molecule has 4 heteroatoms. The summed E-state index contributed by atoms with van der Waals surface area (Å²) in [5, 5.41) is 8.94. The lowest BCUT2D eigenvalue weighted by Gasteiger charge is -2.20. The Bertz CT molecular complexity index is 89.5. The molecular formula is C6H15BO3. The van der Waals surface area contributed by atoms with Crippen LogP contribution in [-0.4, -0.2) is 24.6 Å². The van der Waals surface area contributed by atoms with E-state index in [-0.39, 0.29) is 5.60 Å². The van der Waals surface area contributed by atoms with Crippen LogP contribution < -0.4 is 0 Å². The first-order chi connectivity index (χ1) is 4.45. The van der Waals surface area contributed by atoms with Gasteiger partial charge in [0, 0.05) is 12.2 Å². The number of hydrogen-bond acceptors (Lipinski definition) is 3. The summed E-state index contributed by atoms with van der Waals surface area (Å²) in [5.74, 6) is 0. The molecule has 0 saturated carbocycles. The molecule has 0 atom stereocenters. The molecule has 0 aromatic rings. The molecule has 0 aromatic heterocycles. The number of hydrogen-bond donors (Lipinski definition) is 1. The quantitative estimate of drug-likeness (QED) is 0.599. The van der Waals surface area contributed by atoms with E-state index in [1.54, 1.807) is 6.92 Å². The van der Waals surface area contributed by atoms with Crippen molar-refractivity contribution in [2.45, 2.75) is 33.3 Å². The van der Waals surface area contributed by atoms with E-state index < -0.39 is 7.32 Å². The van der Waals surface area contributed by atoms with Crippen molar-refractivity contribution in [3.8, 4) is 0 Å². The summed E-state index contributed by atoms with van der Waals surface area (Å²) in [6, 6.07) is 0. The fourth-order valence-electron chi connectivity index (χ4n) is 0.479. The zero-order valence-electron chi connectivity index (χ0n) is 7.05. The van der Waals surface area contributed by atoms with E-state index in [0.29, 0.717) is 6.61 Å². The van der Waals surface area contributed by atoms with Crippen molar-refractivity contribution in [3.05, 3.63) is 0 Å². The van der Waals surface area contributed by atoms with Gasteiger partial charge in [0.1, 0.15) is 0 Å². The third-order valence-corrected chi connectivity index (χ3v) is 0.764. The minimum absolute atomic E-state index is 0.353. The molecule has 0 aliphatic rings. The van der Waals surface area contributed by atoms with Gasteiger partial charge in [-0.3, -0.25) is 0 Å². The Morgan fingerprint density at radius 3 is 2.20 bits per heavy atom. The second-order valence-electron chi connectivity index (χ2n) is 2.99. The molecule has 0 saturated heterocycles. The molecule has 60 valence electrons. The fourth-order valence-corrected chi connectivity index (χ4v) is 0.479. The molecular weight excluding hydrogens is 131 g/mol. The van der Waals surface area contributed by atoms with E-state index in [4.69, 9.17) is 14.3 Å². The summed E-state index contributed by atoms with van der Waals surface area (Å²) < 4.78 is 9.76. The molecule has 0 amide bonds. The van der Waals surface area contributed by atoms with Crippen molar-refractivity contribution in [2.24, 2.45) is 0 Å². The Kier molecular flexibility index (Phi) is 3.94. The number of rotatable bonds is 3. The van der Waals surface area contributed by atoms with E-state index in [1.807, 2.05) is 20.8 Å². The topological polar surface area (TPSA) is 38.7 Å². The van der Waals surface area contributed by atoms with Crippen molar-refractivity contribution in [3.63, 3.8) is 0 Å². The van der Waals surface area contributed by atoms with Gasteiger partial charge >= 0.3 is 7.32 Å². The average Bonchev–Trinajstić information content (AvgIpc) is 1.59. The highest BCUT2D eigenvalue weighted by Crippen LogP contribution is 2.07. The monoisotopic (exact) mass is 146 g/mol. The van der Waals surface area contributed by atoms with Crippen molar-refractivity contribution in [1.29, 1.82) is 0 Å². The third kappa shape index (κ3) is 6.07. The first-order valence-electron chi connectivity index (χ1n) is 3.43. The van der Waals surface area contributed by atoms with Crippen LogP contribution in [0.4, 0.5) is 0 Å². The van der Waals surface area contributed by atoms with Gasteiger partial charge in [0.25, 0.3) is 0 Å². The Balaban J connectivity index is 3.47. The van der Waals surface area contributed by atoms with Gasteiger partial charge in [0.15, 0.2) is 0 Å².